The first kappa shape index (κ1) is 21.7. The van der Waals surface area contributed by atoms with Gasteiger partial charge in [0.05, 0.1) is 18.7 Å². The number of hydrogen-bond donors (Lipinski definition) is 2. The molecule has 160 valence electrons. The van der Waals surface area contributed by atoms with E-state index in [0.29, 0.717) is 17.2 Å². The number of para-hydroxylation sites is 1. The molecule has 0 fully saturated rings. The van der Waals surface area contributed by atoms with Crippen molar-refractivity contribution in [3.63, 3.8) is 0 Å². The maximum atomic E-state index is 10.8. The van der Waals surface area contributed by atoms with Gasteiger partial charge in [-0.2, -0.15) is 0 Å². The maximum Gasteiger partial charge on any atom is 0.162 e. The smallest absolute Gasteiger partial charge is 0.162 e. The minimum Gasteiger partial charge on any atom is -0.504 e. The lowest BCUT2D eigenvalue weighted by Gasteiger charge is -2.31. The average molecular weight is 502 g/mol. The predicted molar refractivity (Wildman–Crippen MR) is 127 cm³/mol. The van der Waals surface area contributed by atoms with Gasteiger partial charge in [0.1, 0.15) is 11.9 Å². The third-order valence-electron chi connectivity index (χ3n) is 5.34. The van der Waals surface area contributed by atoms with Gasteiger partial charge >= 0.3 is 0 Å². The first-order valence-corrected chi connectivity index (χ1v) is 10.9. The highest BCUT2D eigenvalue weighted by Crippen LogP contribution is 2.39. The Morgan fingerprint density at radius 1 is 1.03 bits per heavy atom. The number of rotatable bonds is 5. The number of halogens is 2. The molecule has 0 aliphatic carbocycles. The number of methoxy groups -OCH3 is 2. The fraction of sp³-hybridized carbons (Fsp3) is 0.208. The third-order valence-corrected chi connectivity index (χ3v) is 6.21. The van der Waals surface area contributed by atoms with Crippen molar-refractivity contribution in [3.8, 4) is 17.2 Å². The lowest BCUT2D eigenvalue weighted by molar-refractivity contribution is 0.360. The molecular formula is C24H22BrClN2O3. The average Bonchev–Trinajstić information content (AvgIpc) is 2.79. The number of aromatic hydroxyl groups is 1. The first-order chi connectivity index (χ1) is 15.0. The van der Waals surface area contributed by atoms with Crippen LogP contribution in [0.1, 0.15) is 35.3 Å². The molecular weight excluding hydrogens is 480 g/mol. The van der Waals surface area contributed by atoms with Crippen molar-refractivity contribution in [2.75, 3.05) is 14.2 Å². The van der Waals surface area contributed by atoms with Crippen LogP contribution >= 0.6 is 27.5 Å². The summed E-state index contributed by atoms with van der Waals surface area (Å²) in [5, 5.41) is 15.0. The van der Waals surface area contributed by atoms with Crippen molar-refractivity contribution in [2.24, 2.45) is 4.99 Å². The SMILES string of the molecule is COc1ccc([C@H]2N=C(c3ccc(Cl)cc3)C[C@H](c3cccc(OC)c3O)N2)cc1Br. The van der Waals surface area contributed by atoms with Gasteiger partial charge in [0.25, 0.3) is 0 Å². The zero-order valence-electron chi connectivity index (χ0n) is 17.1. The van der Waals surface area contributed by atoms with Crippen LogP contribution in [0.4, 0.5) is 0 Å². The molecule has 3 aromatic carbocycles. The van der Waals surface area contributed by atoms with Gasteiger partial charge in [-0.3, -0.25) is 10.3 Å². The van der Waals surface area contributed by atoms with Crippen LogP contribution in [0, 0.1) is 0 Å². The van der Waals surface area contributed by atoms with Crippen molar-refractivity contribution in [2.45, 2.75) is 18.6 Å². The van der Waals surface area contributed by atoms with Crippen LogP contribution in [0.15, 0.2) is 70.1 Å². The van der Waals surface area contributed by atoms with Crippen LogP contribution in [0.3, 0.4) is 0 Å². The molecule has 7 heteroatoms. The van der Waals surface area contributed by atoms with Crippen molar-refractivity contribution in [1.82, 2.24) is 5.32 Å². The summed E-state index contributed by atoms with van der Waals surface area (Å²) in [7, 11) is 3.18. The summed E-state index contributed by atoms with van der Waals surface area (Å²) < 4.78 is 11.5. The summed E-state index contributed by atoms with van der Waals surface area (Å²) in [5.74, 6) is 1.33. The highest BCUT2D eigenvalue weighted by Gasteiger charge is 2.28. The molecule has 2 atom stereocenters. The van der Waals surface area contributed by atoms with Crippen LogP contribution in [0.25, 0.3) is 0 Å². The number of nitrogens with zero attached hydrogens (tertiary/aromatic N) is 1. The predicted octanol–water partition coefficient (Wildman–Crippen LogP) is 6.05. The molecule has 1 heterocycles. The summed E-state index contributed by atoms with van der Waals surface area (Å²) in [6, 6.07) is 18.9. The number of phenolic OH excluding ortho intramolecular Hbond substituents is 1. The molecule has 0 saturated carbocycles. The van der Waals surface area contributed by atoms with Gasteiger partial charge in [-0.1, -0.05) is 41.9 Å². The lowest BCUT2D eigenvalue weighted by atomic mass is 9.93. The molecule has 0 aromatic heterocycles. The van der Waals surface area contributed by atoms with Crippen LogP contribution in [-0.4, -0.2) is 25.0 Å². The molecule has 31 heavy (non-hydrogen) atoms. The van der Waals surface area contributed by atoms with Gasteiger partial charge < -0.3 is 14.6 Å². The molecule has 0 radical (unpaired) electrons. The van der Waals surface area contributed by atoms with E-state index in [2.05, 4.69) is 21.2 Å². The largest absolute Gasteiger partial charge is 0.504 e. The van der Waals surface area contributed by atoms with E-state index in [1.165, 1.54) is 0 Å². The number of nitrogens with one attached hydrogen (secondary N) is 1. The monoisotopic (exact) mass is 500 g/mol. The fourth-order valence-electron chi connectivity index (χ4n) is 3.73. The van der Waals surface area contributed by atoms with Crippen molar-refractivity contribution < 1.29 is 14.6 Å². The van der Waals surface area contributed by atoms with E-state index < -0.39 is 0 Å². The second-order valence-electron chi connectivity index (χ2n) is 7.20. The number of ether oxygens (including phenoxy) is 2. The third kappa shape index (κ3) is 4.56. The van der Waals surface area contributed by atoms with Crippen molar-refractivity contribution in [3.05, 3.63) is 86.8 Å². The van der Waals surface area contributed by atoms with E-state index in [9.17, 15) is 5.11 Å². The molecule has 3 aromatic rings. The molecule has 5 nitrogen and oxygen atoms in total. The number of hydrogen-bond acceptors (Lipinski definition) is 5. The Hall–Kier alpha value is -2.54. The molecule has 0 unspecified atom stereocenters. The maximum absolute atomic E-state index is 10.8. The standard InChI is InChI=1S/C24H22BrClN2O3/c1-30-21-11-8-15(12-18(21)25)24-27-19(14-6-9-16(26)10-7-14)13-20(28-24)17-4-3-5-22(31-2)23(17)29/h3-12,20,24,28-29H,13H2,1-2H3/t20-,24+/m1/s1. The van der Waals surface area contributed by atoms with Gasteiger partial charge in [0.15, 0.2) is 11.5 Å². The second-order valence-corrected chi connectivity index (χ2v) is 8.49. The van der Waals surface area contributed by atoms with E-state index in [1.807, 2.05) is 54.6 Å². The Labute approximate surface area is 194 Å². The van der Waals surface area contributed by atoms with Crippen LogP contribution in [0.2, 0.25) is 5.02 Å². The van der Waals surface area contributed by atoms with Gasteiger partial charge in [0.2, 0.25) is 0 Å². The fourth-order valence-corrected chi connectivity index (χ4v) is 4.42. The highest BCUT2D eigenvalue weighted by molar-refractivity contribution is 9.10. The van der Waals surface area contributed by atoms with E-state index in [0.717, 1.165) is 32.6 Å². The topological polar surface area (TPSA) is 63.1 Å². The Bertz CT molecular complexity index is 1120. The number of aliphatic imine (C=N–C) groups is 1. The minimum atomic E-state index is -0.308. The molecule has 0 bridgehead atoms. The van der Waals surface area contributed by atoms with E-state index in [4.69, 9.17) is 26.1 Å². The summed E-state index contributed by atoms with van der Waals surface area (Å²) in [5.41, 5.74) is 3.67. The molecule has 4 rings (SSSR count). The summed E-state index contributed by atoms with van der Waals surface area (Å²) >= 11 is 9.64. The quantitative estimate of drug-likeness (QED) is 0.447. The molecule has 0 saturated heterocycles. The van der Waals surface area contributed by atoms with Gasteiger partial charge in [-0.05, 0) is 57.4 Å². The Balaban J connectivity index is 1.77. The Morgan fingerprint density at radius 3 is 2.45 bits per heavy atom. The summed E-state index contributed by atoms with van der Waals surface area (Å²) in [6.07, 6.45) is 0.299. The van der Waals surface area contributed by atoms with Crippen LogP contribution in [-0.2, 0) is 0 Å². The zero-order chi connectivity index (χ0) is 22.0. The molecule has 0 amide bonds. The van der Waals surface area contributed by atoms with E-state index >= 15 is 0 Å². The van der Waals surface area contributed by atoms with E-state index in [-0.39, 0.29) is 18.0 Å². The molecule has 2 N–H and O–H groups in total. The molecule has 1 aliphatic heterocycles. The highest BCUT2D eigenvalue weighted by atomic mass is 79.9. The van der Waals surface area contributed by atoms with Gasteiger partial charge in [-0.25, -0.2) is 0 Å². The number of phenols is 1. The summed E-state index contributed by atoms with van der Waals surface area (Å²) in [6.45, 7) is 0. The van der Waals surface area contributed by atoms with Crippen LogP contribution in [0.5, 0.6) is 17.2 Å². The summed E-state index contributed by atoms with van der Waals surface area (Å²) in [4.78, 5) is 4.98. The lowest BCUT2D eigenvalue weighted by Crippen LogP contribution is -2.33. The minimum absolute atomic E-state index is 0.134. The van der Waals surface area contributed by atoms with Crippen molar-refractivity contribution >= 4 is 33.2 Å². The van der Waals surface area contributed by atoms with Crippen molar-refractivity contribution in [1.29, 1.82) is 0 Å². The Kier molecular flexibility index (Phi) is 6.51. The molecule has 0 spiro atoms. The van der Waals surface area contributed by atoms with E-state index in [1.54, 1.807) is 20.3 Å². The normalized spacial score (nSPS) is 18.4. The van der Waals surface area contributed by atoms with Gasteiger partial charge in [-0.15, -0.1) is 0 Å². The molecule has 1 aliphatic rings. The van der Waals surface area contributed by atoms with Crippen LogP contribution < -0.4 is 14.8 Å². The second kappa shape index (κ2) is 9.30. The van der Waals surface area contributed by atoms with Gasteiger partial charge in [0, 0.05) is 28.8 Å². The number of benzene rings is 3. The Morgan fingerprint density at radius 2 is 1.77 bits per heavy atom. The zero-order valence-corrected chi connectivity index (χ0v) is 19.4. The first-order valence-electron chi connectivity index (χ1n) is 9.78.